The molecule has 198 valence electrons. The first-order valence-corrected chi connectivity index (χ1v) is 13.7. The molecular weight excluding hydrogens is 502 g/mol. The summed E-state index contributed by atoms with van der Waals surface area (Å²) in [6, 6.07) is 9.06. The summed E-state index contributed by atoms with van der Waals surface area (Å²) >= 11 is 1.71. The Labute approximate surface area is 225 Å². The highest BCUT2D eigenvalue weighted by atomic mass is 32.2. The maximum absolute atomic E-state index is 13.4. The average molecular weight is 534 g/mol. The van der Waals surface area contributed by atoms with Crippen molar-refractivity contribution >= 4 is 45.2 Å². The Bertz CT molecular complexity index is 1390. The Kier molecular flexibility index (Phi) is 7.42. The average Bonchev–Trinajstić information content (AvgIpc) is 3.64. The molecule has 0 spiro atoms. The predicted octanol–water partition coefficient (Wildman–Crippen LogP) is 3.75. The van der Waals surface area contributed by atoms with E-state index in [1.807, 2.05) is 24.4 Å². The van der Waals surface area contributed by atoms with Crippen LogP contribution in [0.15, 0.2) is 48.9 Å². The molecule has 0 bridgehead atoms. The van der Waals surface area contributed by atoms with Gasteiger partial charge in [0.1, 0.15) is 11.4 Å². The van der Waals surface area contributed by atoms with Crippen molar-refractivity contribution in [3.8, 4) is 5.75 Å². The molecule has 9 nitrogen and oxygen atoms in total. The van der Waals surface area contributed by atoms with Crippen LogP contribution in [0.2, 0.25) is 0 Å². The van der Waals surface area contributed by atoms with Crippen molar-refractivity contribution in [2.24, 2.45) is 5.92 Å². The second-order valence-electron chi connectivity index (χ2n) is 9.51. The number of benzene rings is 1. The minimum absolute atomic E-state index is 0.0745. The number of piperazine rings is 1. The number of H-pyrrole nitrogens is 1. The number of aromatic amines is 1. The molecule has 2 aromatic heterocycles. The van der Waals surface area contributed by atoms with Gasteiger partial charge in [0.15, 0.2) is 0 Å². The summed E-state index contributed by atoms with van der Waals surface area (Å²) in [4.78, 5) is 51.4. The third-order valence-corrected chi connectivity index (χ3v) is 8.65. The molecular formula is C28H31N5O4S. The number of amides is 2. The summed E-state index contributed by atoms with van der Waals surface area (Å²) < 4.78 is 5.53. The summed E-state index contributed by atoms with van der Waals surface area (Å²) in [5, 5.41) is 4.21. The van der Waals surface area contributed by atoms with E-state index in [1.165, 1.54) is 12.0 Å². The molecule has 2 unspecified atom stereocenters. The van der Waals surface area contributed by atoms with Gasteiger partial charge in [-0.25, -0.2) is 4.98 Å². The molecule has 3 aromatic rings. The number of thioether (sulfide) groups is 1. The second kappa shape index (κ2) is 10.9. The zero-order valence-corrected chi connectivity index (χ0v) is 22.5. The van der Waals surface area contributed by atoms with Crippen molar-refractivity contribution < 1.29 is 19.1 Å². The largest absolute Gasteiger partial charge is 0.494 e. The molecule has 4 heterocycles. The van der Waals surface area contributed by atoms with E-state index in [2.05, 4.69) is 29.1 Å². The SMILES string of the molecule is CCC(C)C1NC=C(c2ncc(OC)c3c(C(=O)C(=O)N4CCN(C(=O)c5ccccc5)CC4)c[nH]c23)S1. The Balaban J connectivity index is 1.34. The van der Waals surface area contributed by atoms with Gasteiger partial charge in [0.2, 0.25) is 0 Å². The quantitative estimate of drug-likeness (QED) is 0.352. The molecule has 1 saturated heterocycles. The zero-order chi connectivity index (χ0) is 26.8. The fourth-order valence-corrected chi connectivity index (χ4v) is 5.99. The van der Waals surface area contributed by atoms with Crippen LogP contribution in [0.25, 0.3) is 15.8 Å². The smallest absolute Gasteiger partial charge is 0.295 e. The fourth-order valence-electron chi connectivity index (χ4n) is 4.76. The summed E-state index contributed by atoms with van der Waals surface area (Å²) in [6.07, 6.45) is 6.17. The van der Waals surface area contributed by atoms with E-state index in [1.54, 1.807) is 41.2 Å². The number of rotatable bonds is 7. The number of hydrogen-bond donors (Lipinski definition) is 2. The molecule has 2 aliphatic rings. The van der Waals surface area contributed by atoms with E-state index in [4.69, 9.17) is 4.74 Å². The Hall–Kier alpha value is -3.79. The predicted molar refractivity (Wildman–Crippen MR) is 148 cm³/mol. The van der Waals surface area contributed by atoms with E-state index >= 15 is 0 Å². The van der Waals surface area contributed by atoms with Gasteiger partial charge in [-0.1, -0.05) is 50.2 Å². The van der Waals surface area contributed by atoms with Crippen LogP contribution in [0.4, 0.5) is 0 Å². The molecule has 0 aliphatic carbocycles. The normalized spacial score (nSPS) is 18.2. The monoisotopic (exact) mass is 533 g/mol. The van der Waals surface area contributed by atoms with Gasteiger partial charge in [-0.2, -0.15) is 0 Å². The maximum Gasteiger partial charge on any atom is 0.295 e. The second-order valence-corrected chi connectivity index (χ2v) is 10.7. The third kappa shape index (κ3) is 4.76. The van der Waals surface area contributed by atoms with Gasteiger partial charge in [0.25, 0.3) is 17.6 Å². The highest BCUT2D eigenvalue weighted by Crippen LogP contribution is 2.41. The number of carbonyl (C=O) groups is 3. The molecule has 5 rings (SSSR count). The van der Waals surface area contributed by atoms with Crippen molar-refractivity contribution in [1.29, 1.82) is 0 Å². The van der Waals surface area contributed by atoms with Crippen molar-refractivity contribution in [1.82, 2.24) is 25.1 Å². The topological polar surface area (TPSA) is 108 Å². The number of Topliss-reactive ketones (excluding diaryl/α,β-unsaturated/α-hetero) is 1. The van der Waals surface area contributed by atoms with Crippen LogP contribution in [0, 0.1) is 5.92 Å². The number of carbonyl (C=O) groups excluding carboxylic acids is 3. The van der Waals surface area contributed by atoms with Crippen LogP contribution in [0.1, 0.15) is 46.7 Å². The summed E-state index contributed by atoms with van der Waals surface area (Å²) in [6.45, 7) is 5.69. The third-order valence-electron chi connectivity index (χ3n) is 7.23. The van der Waals surface area contributed by atoms with Crippen LogP contribution < -0.4 is 10.1 Å². The molecule has 2 N–H and O–H groups in total. The molecule has 1 aromatic carbocycles. The van der Waals surface area contributed by atoms with Gasteiger partial charge >= 0.3 is 0 Å². The van der Waals surface area contributed by atoms with Gasteiger partial charge in [-0.15, -0.1) is 0 Å². The van der Waals surface area contributed by atoms with E-state index in [-0.39, 0.29) is 16.8 Å². The first-order valence-electron chi connectivity index (χ1n) is 12.8. The standard InChI is InChI=1S/C28H31N5O4S/c1-4-17(2)26-31-16-21(38-26)23-24-22(20(37-3)15-30-23)19(14-29-24)25(34)28(36)33-12-10-32(11-13-33)27(35)18-8-6-5-7-9-18/h5-9,14-17,26,29,31H,4,10-13H2,1-3H3. The van der Waals surface area contributed by atoms with Gasteiger partial charge in [-0.05, 0) is 18.1 Å². The lowest BCUT2D eigenvalue weighted by Gasteiger charge is -2.34. The van der Waals surface area contributed by atoms with Crippen LogP contribution >= 0.6 is 11.8 Å². The zero-order valence-electron chi connectivity index (χ0n) is 21.7. The van der Waals surface area contributed by atoms with Gasteiger partial charge in [0.05, 0.1) is 40.1 Å². The summed E-state index contributed by atoms with van der Waals surface area (Å²) in [5.74, 6) is -0.377. The molecule has 2 atom stereocenters. The van der Waals surface area contributed by atoms with Crippen LogP contribution in [-0.4, -0.2) is 76.0 Å². The number of nitrogens with one attached hydrogen (secondary N) is 2. The molecule has 0 radical (unpaired) electrons. The molecule has 0 saturated carbocycles. The van der Waals surface area contributed by atoms with E-state index in [0.29, 0.717) is 60.0 Å². The number of pyridine rings is 1. The maximum atomic E-state index is 13.4. The van der Waals surface area contributed by atoms with Crippen molar-refractivity contribution in [2.45, 2.75) is 25.6 Å². The molecule has 2 aliphatic heterocycles. The number of ether oxygens (including phenoxy) is 1. The number of fused-ring (bicyclic) bond motifs is 1. The first kappa shape index (κ1) is 25.8. The number of nitrogens with zero attached hydrogens (tertiary/aromatic N) is 3. The number of hydrogen-bond acceptors (Lipinski definition) is 7. The number of aromatic nitrogens is 2. The number of methoxy groups -OCH3 is 1. The van der Waals surface area contributed by atoms with E-state index in [0.717, 1.165) is 11.3 Å². The Morgan fingerprint density at radius 1 is 1.13 bits per heavy atom. The minimum atomic E-state index is -0.613. The van der Waals surface area contributed by atoms with Crippen molar-refractivity contribution in [3.05, 3.63) is 65.7 Å². The van der Waals surface area contributed by atoms with Crippen LogP contribution in [0.5, 0.6) is 5.75 Å². The van der Waals surface area contributed by atoms with Gasteiger partial charge in [-0.3, -0.25) is 14.4 Å². The number of ketones is 1. The minimum Gasteiger partial charge on any atom is -0.494 e. The molecule has 1 fully saturated rings. The van der Waals surface area contributed by atoms with E-state index < -0.39 is 11.7 Å². The van der Waals surface area contributed by atoms with Crippen molar-refractivity contribution in [2.75, 3.05) is 33.3 Å². The summed E-state index contributed by atoms with van der Waals surface area (Å²) in [7, 11) is 1.52. The summed E-state index contributed by atoms with van der Waals surface area (Å²) in [5.41, 5.74) is 2.23. The molecule has 10 heteroatoms. The fraction of sp³-hybridized carbons (Fsp3) is 0.357. The van der Waals surface area contributed by atoms with Gasteiger partial charge in [0, 0.05) is 44.1 Å². The van der Waals surface area contributed by atoms with Gasteiger partial charge < -0.3 is 24.8 Å². The Morgan fingerprint density at radius 3 is 2.53 bits per heavy atom. The lowest BCUT2D eigenvalue weighted by atomic mass is 10.1. The molecule has 38 heavy (non-hydrogen) atoms. The lowest BCUT2D eigenvalue weighted by molar-refractivity contribution is -0.127. The van der Waals surface area contributed by atoms with Crippen LogP contribution in [0.3, 0.4) is 0 Å². The molecule has 2 amide bonds. The van der Waals surface area contributed by atoms with E-state index in [9.17, 15) is 14.4 Å². The highest BCUT2D eigenvalue weighted by molar-refractivity contribution is 8.09. The highest BCUT2D eigenvalue weighted by Gasteiger charge is 2.32. The lowest BCUT2D eigenvalue weighted by Crippen LogP contribution is -2.52. The Morgan fingerprint density at radius 2 is 1.84 bits per heavy atom. The van der Waals surface area contributed by atoms with Crippen molar-refractivity contribution in [3.63, 3.8) is 0 Å². The van der Waals surface area contributed by atoms with Crippen LogP contribution in [-0.2, 0) is 4.79 Å². The first-order chi connectivity index (χ1) is 18.4.